The van der Waals surface area contributed by atoms with Gasteiger partial charge in [0, 0.05) is 28.4 Å². The van der Waals surface area contributed by atoms with Gasteiger partial charge in [-0.3, -0.25) is 14.9 Å². The summed E-state index contributed by atoms with van der Waals surface area (Å²) in [6.07, 6.45) is 7.61. The SMILES string of the molecule is O=C(N[C@@H](c1ccccn1)C1CCCC1)c1ccc2[nH]nc(-c3ccc(N4C5COCC4CC(O)C5)cc3)c2c1. The van der Waals surface area contributed by atoms with E-state index >= 15 is 0 Å². The van der Waals surface area contributed by atoms with Gasteiger partial charge < -0.3 is 20.1 Å². The number of aromatic nitrogens is 3. The number of benzene rings is 2. The lowest BCUT2D eigenvalue weighted by Gasteiger charge is -2.48. The Labute approximate surface area is 233 Å². The minimum atomic E-state index is -0.256. The number of morpholine rings is 1. The van der Waals surface area contributed by atoms with Gasteiger partial charge in [0.2, 0.25) is 0 Å². The summed E-state index contributed by atoms with van der Waals surface area (Å²) in [5.41, 5.74) is 5.39. The molecule has 8 heteroatoms. The Morgan fingerprint density at radius 2 is 1.80 bits per heavy atom. The highest BCUT2D eigenvalue weighted by atomic mass is 16.5. The van der Waals surface area contributed by atoms with Gasteiger partial charge in [-0.1, -0.05) is 31.0 Å². The highest BCUT2D eigenvalue weighted by molar-refractivity contribution is 6.01. The minimum Gasteiger partial charge on any atom is -0.393 e. The van der Waals surface area contributed by atoms with Crippen LogP contribution in [0, 0.1) is 5.92 Å². The second kappa shape index (κ2) is 10.7. The van der Waals surface area contributed by atoms with E-state index in [0.717, 1.165) is 59.2 Å². The van der Waals surface area contributed by atoms with Crippen LogP contribution in [0.3, 0.4) is 0 Å². The molecule has 4 aromatic rings. The molecule has 40 heavy (non-hydrogen) atoms. The molecule has 7 rings (SSSR count). The smallest absolute Gasteiger partial charge is 0.251 e. The van der Waals surface area contributed by atoms with Crippen LogP contribution in [-0.4, -0.2) is 57.6 Å². The number of aliphatic hydroxyl groups is 1. The van der Waals surface area contributed by atoms with Crippen LogP contribution in [-0.2, 0) is 4.74 Å². The molecule has 3 N–H and O–H groups in total. The van der Waals surface area contributed by atoms with Crippen LogP contribution >= 0.6 is 0 Å². The van der Waals surface area contributed by atoms with E-state index in [-0.39, 0.29) is 30.1 Å². The first-order valence-electron chi connectivity index (χ1n) is 14.5. The number of nitrogens with one attached hydrogen (secondary N) is 2. The molecule has 1 amide bonds. The zero-order valence-electron chi connectivity index (χ0n) is 22.5. The number of fused-ring (bicyclic) bond motifs is 3. The third-order valence-electron chi connectivity index (χ3n) is 8.92. The highest BCUT2D eigenvalue weighted by Gasteiger charge is 2.38. The number of H-pyrrole nitrogens is 1. The van der Waals surface area contributed by atoms with Crippen molar-refractivity contribution in [3.63, 3.8) is 0 Å². The molecular formula is C32H35N5O3. The second-order valence-corrected chi connectivity index (χ2v) is 11.5. The first kappa shape index (κ1) is 25.2. The number of hydrogen-bond acceptors (Lipinski definition) is 6. The Hall–Kier alpha value is -3.75. The minimum absolute atomic E-state index is 0.0898. The van der Waals surface area contributed by atoms with Gasteiger partial charge in [-0.05, 0) is 74.1 Å². The fraction of sp³-hybridized carbons (Fsp3) is 0.406. The molecule has 4 heterocycles. The van der Waals surface area contributed by atoms with E-state index in [1.54, 1.807) is 6.20 Å². The standard InChI is InChI=1S/C32H35N5O3/c38-26-16-24-18-40-19-25(17-26)37(24)23-11-8-21(9-12-23)30-27-15-22(10-13-28(27)35-36-30)32(39)34-31(20-5-1-2-6-20)29-7-3-4-14-33-29/h3-4,7-15,20,24-26,31,38H,1-2,5-6,16-19H2,(H,34,39)(H,35,36)/t24?,25?,26?,31-/m1/s1. The molecule has 2 bridgehead atoms. The Bertz CT molecular complexity index is 1470. The summed E-state index contributed by atoms with van der Waals surface area (Å²) in [4.78, 5) is 20.5. The molecule has 206 valence electrons. The van der Waals surface area contributed by atoms with Gasteiger partial charge in [-0.2, -0.15) is 5.10 Å². The van der Waals surface area contributed by atoms with E-state index in [1.807, 2.05) is 36.4 Å². The van der Waals surface area contributed by atoms with Crippen LogP contribution in [0.2, 0.25) is 0 Å². The summed E-state index contributed by atoms with van der Waals surface area (Å²) in [6.45, 7) is 1.29. The maximum Gasteiger partial charge on any atom is 0.251 e. The van der Waals surface area contributed by atoms with E-state index in [0.29, 0.717) is 24.7 Å². The number of rotatable bonds is 6. The number of amides is 1. The summed E-state index contributed by atoms with van der Waals surface area (Å²) in [5.74, 6) is 0.313. The third kappa shape index (κ3) is 4.75. The van der Waals surface area contributed by atoms with Crippen LogP contribution < -0.4 is 10.2 Å². The summed E-state index contributed by atoms with van der Waals surface area (Å²) >= 11 is 0. The lowest BCUT2D eigenvalue weighted by atomic mass is 9.91. The number of carbonyl (C=O) groups is 1. The van der Waals surface area contributed by atoms with Crippen LogP contribution in [0.4, 0.5) is 5.69 Å². The van der Waals surface area contributed by atoms with Crippen LogP contribution in [0.5, 0.6) is 0 Å². The molecule has 2 aromatic heterocycles. The largest absolute Gasteiger partial charge is 0.393 e. The second-order valence-electron chi connectivity index (χ2n) is 11.5. The van der Waals surface area contributed by atoms with Gasteiger partial charge in [-0.15, -0.1) is 0 Å². The third-order valence-corrected chi connectivity index (χ3v) is 8.92. The first-order valence-corrected chi connectivity index (χ1v) is 14.5. The van der Waals surface area contributed by atoms with E-state index in [9.17, 15) is 9.90 Å². The predicted octanol–water partition coefficient (Wildman–Crippen LogP) is 5.01. The molecule has 3 fully saturated rings. The van der Waals surface area contributed by atoms with Gasteiger partial charge >= 0.3 is 0 Å². The number of aromatic amines is 1. The topological polar surface area (TPSA) is 103 Å². The Balaban J connectivity index is 1.14. The maximum atomic E-state index is 13.5. The van der Waals surface area contributed by atoms with Gasteiger partial charge in [0.05, 0.1) is 54.3 Å². The normalized spacial score (nSPS) is 23.8. The van der Waals surface area contributed by atoms with Crippen LogP contribution in [0.1, 0.15) is 60.6 Å². The Morgan fingerprint density at radius 3 is 2.52 bits per heavy atom. The zero-order chi connectivity index (χ0) is 27.1. The number of nitrogens with zero attached hydrogens (tertiary/aromatic N) is 3. The van der Waals surface area contributed by atoms with E-state index in [4.69, 9.17) is 4.74 Å². The van der Waals surface area contributed by atoms with Gasteiger partial charge in [0.1, 0.15) is 0 Å². The maximum absolute atomic E-state index is 13.5. The molecule has 2 saturated heterocycles. The molecule has 8 nitrogen and oxygen atoms in total. The Kier molecular flexibility index (Phi) is 6.73. The summed E-state index contributed by atoms with van der Waals surface area (Å²) in [7, 11) is 0. The monoisotopic (exact) mass is 537 g/mol. The lowest BCUT2D eigenvalue weighted by molar-refractivity contribution is 0.00124. The number of aliphatic hydroxyl groups excluding tert-OH is 1. The van der Waals surface area contributed by atoms with E-state index in [1.165, 1.54) is 12.8 Å². The van der Waals surface area contributed by atoms with Crippen molar-refractivity contribution in [3.05, 3.63) is 78.1 Å². The molecule has 1 saturated carbocycles. The summed E-state index contributed by atoms with van der Waals surface area (Å²) in [5, 5.41) is 22.2. The Morgan fingerprint density at radius 1 is 1.02 bits per heavy atom. The molecule has 0 radical (unpaired) electrons. The highest BCUT2D eigenvalue weighted by Crippen LogP contribution is 2.37. The molecule has 2 unspecified atom stereocenters. The molecule has 0 spiro atoms. The van der Waals surface area contributed by atoms with Crippen LogP contribution in [0.15, 0.2) is 66.9 Å². The van der Waals surface area contributed by atoms with Crippen molar-refractivity contribution in [2.24, 2.45) is 5.92 Å². The molecule has 3 aliphatic rings. The zero-order valence-corrected chi connectivity index (χ0v) is 22.5. The van der Waals surface area contributed by atoms with Gasteiger partial charge in [-0.25, -0.2) is 0 Å². The van der Waals surface area contributed by atoms with E-state index in [2.05, 4.69) is 49.7 Å². The van der Waals surface area contributed by atoms with Crippen molar-refractivity contribution in [2.75, 3.05) is 18.1 Å². The number of hydrogen-bond donors (Lipinski definition) is 3. The number of piperidine rings is 1. The predicted molar refractivity (Wildman–Crippen MR) is 154 cm³/mol. The lowest BCUT2D eigenvalue weighted by Crippen LogP contribution is -2.58. The molecular weight excluding hydrogens is 502 g/mol. The number of carbonyl (C=O) groups excluding carboxylic acids is 1. The van der Waals surface area contributed by atoms with Crippen molar-refractivity contribution in [1.82, 2.24) is 20.5 Å². The molecule has 2 aliphatic heterocycles. The fourth-order valence-electron chi connectivity index (χ4n) is 6.98. The van der Waals surface area contributed by atoms with Gasteiger partial charge in [0.25, 0.3) is 5.91 Å². The molecule has 1 aliphatic carbocycles. The summed E-state index contributed by atoms with van der Waals surface area (Å²) < 4.78 is 5.77. The number of ether oxygens (including phenoxy) is 1. The number of pyridine rings is 1. The molecule has 2 aromatic carbocycles. The fourth-order valence-corrected chi connectivity index (χ4v) is 6.98. The average molecular weight is 538 g/mol. The van der Waals surface area contributed by atoms with Crippen molar-refractivity contribution in [2.45, 2.75) is 62.8 Å². The van der Waals surface area contributed by atoms with Crippen molar-refractivity contribution < 1.29 is 14.6 Å². The van der Waals surface area contributed by atoms with Crippen LogP contribution in [0.25, 0.3) is 22.2 Å². The van der Waals surface area contributed by atoms with Gasteiger partial charge in [0.15, 0.2) is 0 Å². The quantitative estimate of drug-likeness (QED) is 0.319. The van der Waals surface area contributed by atoms with E-state index < -0.39 is 0 Å². The summed E-state index contributed by atoms with van der Waals surface area (Å²) in [6, 6.07) is 20.4. The van der Waals surface area contributed by atoms with Crippen molar-refractivity contribution in [1.29, 1.82) is 0 Å². The number of anilines is 1. The van der Waals surface area contributed by atoms with Crippen molar-refractivity contribution in [3.8, 4) is 11.3 Å². The van der Waals surface area contributed by atoms with Crippen molar-refractivity contribution >= 4 is 22.5 Å². The first-order chi connectivity index (χ1) is 19.6. The average Bonchev–Trinajstić information content (AvgIpc) is 3.66. The molecule has 3 atom stereocenters.